The Bertz CT molecular complexity index is 706. The largest absolute Gasteiger partial charge is 0.469 e. The topological polar surface area (TPSA) is 98.4 Å². The predicted octanol–water partition coefficient (Wildman–Crippen LogP) is 1.51. The van der Waals surface area contributed by atoms with Gasteiger partial charge in [0, 0.05) is 25.5 Å². The molecule has 1 aromatic carbocycles. The van der Waals surface area contributed by atoms with Gasteiger partial charge in [0.1, 0.15) is 0 Å². The van der Waals surface area contributed by atoms with Gasteiger partial charge in [-0.25, -0.2) is 9.97 Å². The number of amides is 1. The first-order valence-electron chi connectivity index (χ1n) is 7.50. The standard InChI is InChI=1S/C17H20N4O3/c1-12(17(23)24-2)10-21(11-13-6-4-3-5-7-13)16(22)14-15(18)20-9-8-19-14/h3-9,12H,10-11H2,1-2H3,(H2,18,20). The maximum atomic E-state index is 12.8. The zero-order valence-electron chi connectivity index (χ0n) is 13.7. The molecular formula is C17H20N4O3. The average Bonchev–Trinajstić information content (AvgIpc) is 2.61. The van der Waals surface area contributed by atoms with Gasteiger partial charge in [0.2, 0.25) is 0 Å². The molecule has 1 atom stereocenters. The minimum Gasteiger partial charge on any atom is -0.469 e. The van der Waals surface area contributed by atoms with Gasteiger partial charge in [-0.3, -0.25) is 9.59 Å². The van der Waals surface area contributed by atoms with Crippen molar-refractivity contribution in [2.45, 2.75) is 13.5 Å². The van der Waals surface area contributed by atoms with Crippen LogP contribution in [0.4, 0.5) is 5.82 Å². The van der Waals surface area contributed by atoms with Crippen LogP contribution in [0.3, 0.4) is 0 Å². The van der Waals surface area contributed by atoms with Gasteiger partial charge in [0.25, 0.3) is 5.91 Å². The van der Waals surface area contributed by atoms with E-state index in [4.69, 9.17) is 10.5 Å². The van der Waals surface area contributed by atoms with Gasteiger partial charge in [0.05, 0.1) is 13.0 Å². The van der Waals surface area contributed by atoms with Crippen molar-refractivity contribution in [1.29, 1.82) is 0 Å². The van der Waals surface area contributed by atoms with Crippen LogP contribution in [0, 0.1) is 5.92 Å². The third kappa shape index (κ3) is 4.28. The first-order valence-corrected chi connectivity index (χ1v) is 7.50. The van der Waals surface area contributed by atoms with Gasteiger partial charge in [-0.2, -0.15) is 0 Å². The maximum absolute atomic E-state index is 12.8. The van der Waals surface area contributed by atoms with Gasteiger partial charge in [-0.15, -0.1) is 0 Å². The lowest BCUT2D eigenvalue weighted by molar-refractivity contribution is -0.145. The first kappa shape index (κ1) is 17.4. The number of nitrogens with two attached hydrogens (primary N) is 1. The Morgan fingerprint density at radius 3 is 2.50 bits per heavy atom. The monoisotopic (exact) mass is 328 g/mol. The number of hydrogen-bond donors (Lipinski definition) is 1. The molecule has 24 heavy (non-hydrogen) atoms. The van der Waals surface area contributed by atoms with E-state index in [0.29, 0.717) is 6.54 Å². The maximum Gasteiger partial charge on any atom is 0.310 e. The number of rotatable bonds is 6. The van der Waals surface area contributed by atoms with Crippen LogP contribution < -0.4 is 5.73 Å². The van der Waals surface area contributed by atoms with Crippen molar-refractivity contribution in [1.82, 2.24) is 14.9 Å². The van der Waals surface area contributed by atoms with Gasteiger partial charge in [-0.1, -0.05) is 37.3 Å². The summed E-state index contributed by atoms with van der Waals surface area (Å²) in [6.45, 7) is 2.23. The summed E-state index contributed by atoms with van der Waals surface area (Å²) >= 11 is 0. The number of benzene rings is 1. The fourth-order valence-corrected chi connectivity index (χ4v) is 2.29. The molecule has 2 rings (SSSR count). The van der Waals surface area contributed by atoms with Gasteiger partial charge in [-0.05, 0) is 5.56 Å². The molecule has 1 unspecified atom stereocenters. The number of anilines is 1. The molecule has 0 aliphatic heterocycles. The number of methoxy groups -OCH3 is 1. The van der Waals surface area contributed by atoms with Crippen LogP contribution >= 0.6 is 0 Å². The molecule has 7 nitrogen and oxygen atoms in total. The third-order valence-corrected chi connectivity index (χ3v) is 3.53. The molecule has 1 heterocycles. The van der Waals surface area contributed by atoms with Crippen LogP contribution in [-0.4, -0.2) is 40.4 Å². The SMILES string of the molecule is COC(=O)C(C)CN(Cc1ccccc1)C(=O)c1nccnc1N. The van der Waals surface area contributed by atoms with E-state index in [1.165, 1.54) is 24.4 Å². The summed E-state index contributed by atoms with van der Waals surface area (Å²) in [6.07, 6.45) is 2.83. The number of hydrogen-bond acceptors (Lipinski definition) is 6. The molecule has 1 aromatic heterocycles. The summed E-state index contributed by atoms with van der Waals surface area (Å²) < 4.78 is 4.74. The molecular weight excluding hydrogens is 308 g/mol. The van der Waals surface area contributed by atoms with Gasteiger partial charge < -0.3 is 15.4 Å². The minimum absolute atomic E-state index is 0.0614. The molecule has 0 radical (unpaired) electrons. The summed E-state index contributed by atoms with van der Waals surface area (Å²) in [7, 11) is 1.32. The smallest absolute Gasteiger partial charge is 0.310 e. The third-order valence-electron chi connectivity index (χ3n) is 3.53. The molecule has 0 spiro atoms. The molecule has 0 saturated heterocycles. The Hall–Kier alpha value is -2.96. The fourth-order valence-electron chi connectivity index (χ4n) is 2.29. The fraction of sp³-hybridized carbons (Fsp3) is 0.294. The number of ether oxygens (including phenoxy) is 1. The Labute approximate surface area is 140 Å². The molecule has 0 fully saturated rings. The Morgan fingerprint density at radius 1 is 1.21 bits per heavy atom. The Morgan fingerprint density at radius 2 is 1.88 bits per heavy atom. The second-order valence-electron chi connectivity index (χ2n) is 5.39. The van der Waals surface area contributed by atoms with E-state index in [-0.39, 0.29) is 29.9 Å². The number of aromatic nitrogens is 2. The van der Waals surface area contributed by atoms with E-state index < -0.39 is 5.92 Å². The van der Waals surface area contributed by atoms with E-state index in [2.05, 4.69) is 9.97 Å². The van der Waals surface area contributed by atoms with Crippen molar-refractivity contribution in [2.24, 2.45) is 5.92 Å². The van der Waals surface area contributed by atoms with Crippen molar-refractivity contribution in [3.05, 3.63) is 54.0 Å². The molecule has 2 aromatic rings. The molecule has 0 bridgehead atoms. The Balaban J connectivity index is 2.26. The van der Waals surface area contributed by atoms with Crippen molar-refractivity contribution >= 4 is 17.7 Å². The van der Waals surface area contributed by atoms with Crippen LogP contribution in [0.15, 0.2) is 42.7 Å². The van der Waals surface area contributed by atoms with Crippen LogP contribution in [0.1, 0.15) is 23.0 Å². The van der Waals surface area contributed by atoms with Crippen molar-refractivity contribution in [3.8, 4) is 0 Å². The highest BCUT2D eigenvalue weighted by Gasteiger charge is 2.25. The average molecular weight is 328 g/mol. The number of carbonyl (C=O) groups excluding carboxylic acids is 2. The van der Waals surface area contributed by atoms with Crippen LogP contribution in [0.5, 0.6) is 0 Å². The second kappa shape index (κ2) is 8.05. The van der Waals surface area contributed by atoms with Gasteiger partial charge in [0.15, 0.2) is 11.5 Å². The Kier molecular flexibility index (Phi) is 5.83. The lowest BCUT2D eigenvalue weighted by Crippen LogP contribution is -2.37. The van der Waals surface area contributed by atoms with E-state index in [0.717, 1.165) is 5.56 Å². The molecule has 7 heteroatoms. The highest BCUT2D eigenvalue weighted by Crippen LogP contribution is 2.14. The first-order chi connectivity index (χ1) is 11.5. The molecule has 0 saturated carbocycles. The normalized spacial score (nSPS) is 11.6. The van der Waals surface area contributed by atoms with Crippen LogP contribution in [0.2, 0.25) is 0 Å². The summed E-state index contributed by atoms with van der Waals surface area (Å²) in [4.78, 5) is 34.0. The predicted molar refractivity (Wildman–Crippen MR) is 88.8 cm³/mol. The molecule has 1 amide bonds. The van der Waals surface area contributed by atoms with E-state index in [9.17, 15) is 9.59 Å². The summed E-state index contributed by atoms with van der Waals surface area (Å²) in [5.74, 6) is -1.17. The van der Waals surface area contributed by atoms with E-state index in [1.807, 2.05) is 30.3 Å². The molecule has 126 valence electrons. The lowest BCUT2D eigenvalue weighted by Gasteiger charge is -2.25. The van der Waals surface area contributed by atoms with Gasteiger partial charge >= 0.3 is 5.97 Å². The molecule has 0 aliphatic rings. The molecule has 0 aliphatic carbocycles. The highest BCUT2D eigenvalue weighted by atomic mass is 16.5. The van der Waals surface area contributed by atoms with Crippen LogP contribution in [0.25, 0.3) is 0 Å². The number of esters is 1. The molecule has 2 N–H and O–H groups in total. The highest BCUT2D eigenvalue weighted by molar-refractivity contribution is 5.96. The van der Waals surface area contributed by atoms with Crippen LogP contribution in [-0.2, 0) is 16.1 Å². The number of nitrogens with zero attached hydrogens (tertiary/aromatic N) is 3. The quantitative estimate of drug-likeness (QED) is 0.807. The minimum atomic E-state index is -0.472. The zero-order valence-corrected chi connectivity index (χ0v) is 13.7. The van der Waals surface area contributed by atoms with E-state index >= 15 is 0 Å². The zero-order chi connectivity index (χ0) is 17.5. The summed E-state index contributed by atoms with van der Waals surface area (Å²) in [5.41, 5.74) is 6.77. The summed E-state index contributed by atoms with van der Waals surface area (Å²) in [5, 5.41) is 0. The van der Waals surface area contributed by atoms with Crippen molar-refractivity contribution in [2.75, 3.05) is 19.4 Å². The number of carbonyl (C=O) groups is 2. The van der Waals surface area contributed by atoms with Crippen molar-refractivity contribution in [3.63, 3.8) is 0 Å². The second-order valence-corrected chi connectivity index (χ2v) is 5.39. The summed E-state index contributed by atoms with van der Waals surface area (Å²) in [6, 6.07) is 9.48. The number of nitrogen functional groups attached to an aromatic ring is 1. The van der Waals surface area contributed by atoms with Crippen molar-refractivity contribution < 1.29 is 14.3 Å². The van der Waals surface area contributed by atoms with E-state index in [1.54, 1.807) is 6.92 Å². The lowest BCUT2D eigenvalue weighted by atomic mass is 10.1.